The first-order valence-electron chi connectivity index (χ1n) is 4.87. The van der Waals surface area contributed by atoms with Gasteiger partial charge in [0.2, 0.25) is 0 Å². The maximum absolute atomic E-state index is 11.5. The third kappa shape index (κ3) is 1.31. The third-order valence-corrected chi connectivity index (χ3v) is 3.08. The van der Waals surface area contributed by atoms with Crippen molar-refractivity contribution in [3.8, 4) is 0 Å². The summed E-state index contributed by atoms with van der Waals surface area (Å²) in [6, 6.07) is 0. The molecule has 0 radical (unpaired) electrons. The molecule has 2 nitrogen and oxygen atoms in total. The van der Waals surface area contributed by atoms with Gasteiger partial charge in [0.25, 0.3) is 0 Å². The highest BCUT2D eigenvalue weighted by Gasteiger charge is 2.34. The Morgan fingerprint density at radius 1 is 1.64 bits per heavy atom. The molecule has 0 heterocycles. The monoisotopic (exact) mass is 190 g/mol. The number of fused-ring (bicyclic) bond motifs is 2. The van der Waals surface area contributed by atoms with E-state index < -0.39 is 0 Å². The fourth-order valence-corrected chi connectivity index (χ4v) is 2.28. The smallest absolute Gasteiger partial charge is 0.334 e. The maximum atomic E-state index is 11.5. The van der Waals surface area contributed by atoms with Gasteiger partial charge in [-0.1, -0.05) is 24.3 Å². The van der Waals surface area contributed by atoms with Crippen molar-refractivity contribution in [2.75, 3.05) is 7.11 Å². The molecule has 2 aliphatic rings. The molecule has 0 aromatic carbocycles. The minimum Gasteiger partial charge on any atom is -0.466 e. The molecule has 0 saturated heterocycles. The van der Waals surface area contributed by atoms with E-state index in [0.29, 0.717) is 11.8 Å². The Bertz CT molecular complexity index is 325. The normalized spacial score (nSPS) is 33.8. The predicted molar refractivity (Wildman–Crippen MR) is 54.5 cm³/mol. The molecule has 0 fully saturated rings. The molecule has 2 aliphatic carbocycles. The van der Waals surface area contributed by atoms with E-state index in [4.69, 9.17) is 4.74 Å². The Morgan fingerprint density at radius 3 is 3.07 bits per heavy atom. The van der Waals surface area contributed by atoms with Crippen molar-refractivity contribution in [3.05, 3.63) is 36.5 Å². The van der Waals surface area contributed by atoms with Gasteiger partial charge in [0.05, 0.1) is 7.11 Å². The van der Waals surface area contributed by atoms with Crippen molar-refractivity contribution >= 4 is 5.97 Å². The zero-order valence-electron chi connectivity index (χ0n) is 8.27. The summed E-state index contributed by atoms with van der Waals surface area (Å²) < 4.78 is 4.76. The van der Waals surface area contributed by atoms with Gasteiger partial charge in [-0.25, -0.2) is 4.79 Å². The van der Waals surface area contributed by atoms with Gasteiger partial charge in [0, 0.05) is 17.4 Å². The van der Waals surface area contributed by atoms with Crippen LogP contribution in [0.2, 0.25) is 0 Å². The van der Waals surface area contributed by atoms with Crippen LogP contribution in [-0.4, -0.2) is 13.1 Å². The molecule has 3 atom stereocenters. The third-order valence-electron chi connectivity index (χ3n) is 3.08. The molecule has 14 heavy (non-hydrogen) atoms. The van der Waals surface area contributed by atoms with Crippen LogP contribution < -0.4 is 0 Å². The van der Waals surface area contributed by atoms with E-state index in [9.17, 15) is 4.79 Å². The van der Waals surface area contributed by atoms with Gasteiger partial charge in [-0.15, -0.1) is 6.58 Å². The molecule has 0 N–H and O–H groups in total. The number of hydrogen-bond donors (Lipinski definition) is 0. The number of allylic oxidation sites excluding steroid dienone is 4. The Labute approximate surface area is 83.9 Å². The van der Waals surface area contributed by atoms with Gasteiger partial charge in [-0.3, -0.25) is 0 Å². The zero-order valence-corrected chi connectivity index (χ0v) is 8.27. The predicted octanol–water partition coefficient (Wildman–Crippen LogP) is 2.09. The largest absolute Gasteiger partial charge is 0.466 e. The van der Waals surface area contributed by atoms with Crippen LogP contribution in [0.3, 0.4) is 0 Å². The lowest BCUT2D eigenvalue weighted by Gasteiger charge is -2.24. The summed E-state index contributed by atoms with van der Waals surface area (Å²) in [5.74, 6) is 0.889. The maximum Gasteiger partial charge on any atom is 0.334 e. The van der Waals surface area contributed by atoms with Crippen molar-refractivity contribution < 1.29 is 9.53 Å². The highest BCUT2D eigenvalue weighted by atomic mass is 16.5. The van der Waals surface area contributed by atoms with E-state index in [1.165, 1.54) is 7.11 Å². The first-order chi connectivity index (χ1) is 6.76. The highest BCUT2D eigenvalue weighted by molar-refractivity contribution is 5.90. The van der Waals surface area contributed by atoms with Gasteiger partial charge >= 0.3 is 5.97 Å². The number of rotatable bonds is 2. The van der Waals surface area contributed by atoms with Gasteiger partial charge in [-0.2, -0.15) is 0 Å². The molecule has 0 aromatic heterocycles. The number of methoxy groups -OCH3 is 1. The molecule has 0 spiro atoms. The number of carbonyl (C=O) groups excluding carboxylic acids is 1. The molecule has 0 saturated carbocycles. The van der Waals surface area contributed by atoms with E-state index in [0.717, 1.165) is 12.0 Å². The molecular weight excluding hydrogens is 176 g/mol. The minimum absolute atomic E-state index is 0.202. The van der Waals surface area contributed by atoms with Crippen LogP contribution in [0.4, 0.5) is 0 Å². The second kappa shape index (κ2) is 3.45. The van der Waals surface area contributed by atoms with Crippen molar-refractivity contribution in [1.82, 2.24) is 0 Å². The highest BCUT2D eigenvalue weighted by Crippen LogP contribution is 2.40. The van der Waals surface area contributed by atoms with Crippen molar-refractivity contribution in [2.45, 2.75) is 6.42 Å². The molecule has 0 amide bonds. The second-order valence-corrected chi connectivity index (χ2v) is 3.82. The molecule has 0 aromatic rings. The lowest BCUT2D eigenvalue weighted by Crippen LogP contribution is -2.21. The molecule has 2 heteroatoms. The number of esters is 1. The van der Waals surface area contributed by atoms with Crippen LogP contribution in [0.1, 0.15) is 6.42 Å². The van der Waals surface area contributed by atoms with Crippen LogP contribution in [0, 0.1) is 17.8 Å². The topological polar surface area (TPSA) is 26.3 Å². The minimum atomic E-state index is -0.202. The van der Waals surface area contributed by atoms with Crippen molar-refractivity contribution in [1.29, 1.82) is 0 Å². The van der Waals surface area contributed by atoms with Gasteiger partial charge in [-0.05, 0) is 12.3 Å². The SMILES string of the molecule is C=C[C@@H]1C=C(C(=O)OC)[C@@H]2C=C[C@H]1C2. The number of ether oxygens (including phenoxy) is 1. The summed E-state index contributed by atoms with van der Waals surface area (Å²) in [5.41, 5.74) is 0.794. The average Bonchev–Trinajstić information content (AvgIpc) is 2.62. The van der Waals surface area contributed by atoms with E-state index in [2.05, 4.69) is 18.7 Å². The molecule has 0 unspecified atom stereocenters. The first kappa shape index (κ1) is 9.25. The number of hydrogen-bond acceptors (Lipinski definition) is 2. The van der Waals surface area contributed by atoms with Crippen LogP contribution in [0.25, 0.3) is 0 Å². The average molecular weight is 190 g/mol. The van der Waals surface area contributed by atoms with E-state index in [-0.39, 0.29) is 11.9 Å². The molecular formula is C12H14O2. The molecule has 74 valence electrons. The van der Waals surface area contributed by atoms with E-state index >= 15 is 0 Å². The fraction of sp³-hybridized carbons (Fsp3) is 0.417. The van der Waals surface area contributed by atoms with Crippen molar-refractivity contribution in [3.63, 3.8) is 0 Å². The molecule has 2 rings (SSSR count). The lowest BCUT2D eigenvalue weighted by atomic mass is 9.80. The number of carbonyl (C=O) groups is 1. The molecule has 0 aliphatic heterocycles. The van der Waals surface area contributed by atoms with E-state index in [1.54, 1.807) is 0 Å². The summed E-state index contributed by atoms with van der Waals surface area (Å²) in [4.78, 5) is 11.5. The Kier molecular flexibility index (Phi) is 2.28. The van der Waals surface area contributed by atoms with Crippen molar-refractivity contribution in [2.24, 2.45) is 17.8 Å². The van der Waals surface area contributed by atoms with Gasteiger partial charge in [0.15, 0.2) is 0 Å². The summed E-state index contributed by atoms with van der Waals surface area (Å²) >= 11 is 0. The second-order valence-electron chi connectivity index (χ2n) is 3.82. The Balaban J connectivity index is 2.31. The lowest BCUT2D eigenvalue weighted by molar-refractivity contribution is -0.136. The summed E-state index contributed by atoms with van der Waals surface area (Å²) in [6.45, 7) is 3.79. The summed E-state index contributed by atoms with van der Waals surface area (Å²) in [7, 11) is 1.43. The Morgan fingerprint density at radius 2 is 2.43 bits per heavy atom. The van der Waals surface area contributed by atoms with Crippen LogP contribution >= 0.6 is 0 Å². The van der Waals surface area contributed by atoms with Crippen LogP contribution in [0.15, 0.2) is 36.5 Å². The zero-order chi connectivity index (χ0) is 10.1. The fourth-order valence-electron chi connectivity index (χ4n) is 2.28. The summed E-state index contributed by atoms with van der Waals surface area (Å²) in [6.07, 6.45) is 9.22. The quantitative estimate of drug-likeness (QED) is 0.492. The van der Waals surface area contributed by atoms with Crippen LogP contribution in [-0.2, 0) is 9.53 Å². The van der Waals surface area contributed by atoms with Gasteiger partial charge < -0.3 is 4.74 Å². The Hall–Kier alpha value is -1.31. The van der Waals surface area contributed by atoms with E-state index in [1.807, 2.05) is 12.2 Å². The first-order valence-corrected chi connectivity index (χ1v) is 4.87. The van der Waals surface area contributed by atoms with Crippen LogP contribution in [0.5, 0.6) is 0 Å². The summed E-state index contributed by atoms with van der Waals surface area (Å²) in [5, 5.41) is 0. The standard InChI is InChI=1S/C12H14O2/c1-3-8-7-11(12(13)14-2)10-5-4-9(8)6-10/h3-5,7-10H,1,6H2,2H3/t8-,9+,10-/m1/s1. The van der Waals surface area contributed by atoms with Gasteiger partial charge in [0.1, 0.15) is 0 Å². The molecule has 2 bridgehead atoms.